The van der Waals surface area contributed by atoms with Crippen molar-refractivity contribution in [3.63, 3.8) is 0 Å². The molecule has 2 amide bonds. The van der Waals surface area contributed by atoms with Crippen LogP contribution in [0.2, 0.25) is 0 Å². The number of hydrogen-bond donors (Lipinski definition) is 2. The molecule has 2 N–H and O–H groups in total. The van der Waals surface area contributed by atoms with Crippen molar-refractivity contribution in [3.8, 4) is 23.0 Å². The van der Waals surface area contributed by atoms with Crippen molar-refractivity contribution in [2.75, 3.05) is 70.8 Å². The Hall–Kier alpha value is -5.40. The number of hydrogen-bond acceptors (Lipinski definition) is 11. The maximum atomic E-state index is 14.2. The van der Waals surface area contributed by atoms with E-state index in [1.54, 1.807) is 32.5 Å². The quantitative estimate of drug-likeness (QED) is 0.108. The SMILES string of the molecule is CCC(C)NC(=O)CCc1cccc(N(C(=O)Oc2c(C)cccc2C)c2ccnc(Nc3cc(OC)c(OC)c(OCCCN4CCN(C)CC4)c3)n2)c1. The lowest BCUT2D eigenvalue weighted by Crippen LogP contribution is -2.44. The molecule has 1 aliphatic rings. The summed E-state index contributed by atoms with van der Waals surface area (Å²) < 4.78 is 23.6. The van der Waals surface area contributed by atoms with Crippen molar-refractivity contribution < 1.29 is 28.5 Å². The Balaban J connectivity index is 1.39. The molecular weight excluding hydrogens is 699 g/mol. The number of amides is 2. The lowest BCUT2D eigenvalue weighted by molar-refractivity contribution is -0.121. The summed E-state index contributed by atoms with van der Waals surface area (Å²) in [5.74, 6) is 2.45. The Morgan fingerprint density at radius 3 is 2.36 bits per heavy atom. The van der Waals surface area contributed by atoms with Gasteiger partial charge in [-0.15, -0.1) is 0 Å². The van der Waals surface area contributed by atoms with Crippen molar-refractivity contribution in [1.29, 1.82) is 0 Å². The van der Waals surface area contributed by atoms with Gasteiger partial charge in [-0.25, -0.2) is 14.7 Å². The number of ether oxygens (including phenoxy) is 4. The van der Waals surface area contributed by atoms with Crippen LogP contribution in [0.3, 0.4) is 0 Å². The molecule has 4 aromatic rings. The van der Waals surface area contributed by atoms with Crippen LogP contribution in [0, 0.1) is 13.8 Å². The van der Waals surface area contributed by atoms with Gasteiger partial charge in [-0.05, 0) is 75.9 Å². The molecule has 5 rings (SSSR count). The standard InChI is InChI=1S/C42H55N7O6/c1-8-31(4)44-38(50)17-16-32-14-10-15-34(26-32)49(42(51)55-39-29(2)12-9-13-30(39)3)37-18-19-43-41(46-37)45-33-27-35(52-6)40(53-7)36(28-33)54-25-11-20-48-23-21-47(5)22-24-48/h9-10,12-15,18-19,26-28,31H,8,11,16-17,20-25H2,1-7H3,(H,44,50)(H,43,45,46). The molecule has 1 unspecified atom stereocenters. The highest BCUT2D eigenvalue weighted by molar-refractivity contribution is 5.96. The second-order valence-corrected chi connectivity index (χ2v) is 13.9. The Morgan fingerprint density at radius 2 is 1.65 bits per heavy atom. The van der Waals surface area contributed by atoms with Gasteiger partial charge in [0.25, 0.3) is 0 Å². The van der Waals surface area contributed by atoms with Crippen molar-refractivity contribution in [1.82, 2.24) is 25.1 Å². The molecule has 13 heteroatoms. The number of likely N-dealkylation sites (N-methyl/N-ethyl adjacent to an activating group) is 1. The molecular formula is C42H55N7O6. The zero-order chi connectivity index (χ0) is 39.3. The van der Waals surface area contributed by atoms with Crippen LogP contribution >= 0.6 is 0 Å². The molecule has 1 saturated heterocycles. The fourth-order valence-electron chi connectivity index (χ4n) is 6.30. The molecule has 2 heterocycles. The van der Waals surface area contributed by atoms with Crippen LogP contribution in [0.15, 0.2) is 66.9 Å². The number of rotatable bonds is 17. The summed E-state index contributed by atoms with van der Waals surface area (Å²) in [6.07, 6.45) is 3.45. The van der Waals surface area contributed by atoms with E-state index in [0.717, 1.165) is 62.3 Å². The van der Waals surface area contributed by atoms with Gasteiger partial charge in [0.05, 0.1) is 26.5 Å². The summed E-state index contributed by atoms with van der Waals surface area (Å²) in [6.45, 7) is 13.5. The highest BCUT2D eigenvalue weighted by Gasteiger charge is 2.25. The predicted octanol–water partition coefficient (Wildman–Crippen LogP) is 7.05. The van der Waals surface area contributed by atoms with Gasteiger partial charge in [0, 0.05) is 75.3 Å². The minimum atomic E-state index is -0.646. The summed E-state index contributed by atoms with van der Waals surface area (Å²) in [5, 5.41) is 6.28. The smallest absolute Gasteiger partial charge is 0.425 e. The lowest BCUT2D eigenvalue weighted by atomic mass is 10.1. The first-order valence-corrected chi connectivity index (χ1v) is 18.9. The molecule has 0 bridgehead atoms. The van der Waals surface area contributed by atoms with E-state index in [1.165, 1.54) is 4.90 Å². The molecule has 1 aromatic heterocycles. The summed E-state index contributed by atoms with van der Waals surface area (Å²) in [4.78, 5) is 42.2. The number of benzene rings is 3. The van der Waals surface area contributed by atoms with Gasteiger partial charge in [-0.3, -0.25) is 4.79 Å². The van der Waals surface area contributed by atoms with Gasteiger partial charge in [-0.1, -0.05) is 37.3 Å². The van der Waals surface area contributed by atoms with Crippen molar-refractivity contribution >= 4 is 35.1 Å². The van der Waals surface area contributed by atoms with Gasteiger partial charge in [0.15, 0.2) is 11.5 Å². The zero-order valence-electron chi connectivity index (χ0n) is 33.2. The van der Waals surface area contributed by atoms with Crippen LogP contribution in [-0.2, 0) is 11.2 Å². The van der Waals surface area contributed by atoms with E-state index in [9.17, 15) is 9.59 Å². The number of nitrogens with zero attached hydrogens (tertiary/aromatic N) is 5. The first kappa shape index (κ1) is 40.8. The average Bonchev–Trinajstić information content (AvgIpc) is 3.18. The Labute approximate surface area is 324 Å². The lowest BCUT2D eigenvalue weighted by Gasteiger charge is -2.32. The number of anilines is 4. The molecule has 1 atom stereocenters. The number of para-hydroxylation sites is 1. The van der Waals surface area contributed by atoms with E-state index in [2.05, 4.69) is 32.5 Å². The largest absolute Gasteiger partial charge is 0.493 e. The summed E-state index contributed by atoms with van der Waals surface area (Å²) in [6, 6.07) is 18.5. The molecule has 1 aliphatic heterocycles. The number of methoxy groups -OCH3 is 2. The van der Waals surface area contributed by atoms with E-state index in [0.29, 0.717) is 53.8 Å². The average molecular weight is 754 g/mol. The predicted molar refractivity (Wildman–Crippen MR) is 216 cm³/mol. The third-order valence-electron chi connectivity index (χ3n) is 9.65. The molecule has 1 fully saturated rings. The molecule has 0 radical (unpaired) electrons. The topological polar surface area (TPSA) is 131 Å². The molecule has 3 aromatic carbocycles. The fraction of sp³-hybridized carbons (Fsp3) is 0.429. The number of piperazine rings is 1. The number of carbonyl (C=O) groups is 2. The van der Waals surface area contributed by atoms with Gasteiger partial charge in [-0.2, -0.15) is 4.98 Å². The zero-order valence-corrected chi connectivity index (χ0v) is 33.2. The monoisotopic (exact) mass is 753 g/mol. The second-order valence-electron chi connectivity index (χ2n) is 13.9. The maximum absolute atomic E-state index is 14.2. The summed E-state index contributed by atoms with van der Waals surface area (Å²) >= 11 is 0. The number of nitrogens with one attached hydrogen (secondary N) is 2. The molecule has 0 spiro atoms. The van der Waals surface area contributed by atoms with Gasteiger partial charge >= 0.3 is 6.09 Å². The number of aryl methyl sites for hydroxylation is 3. The van der Waals surface area contributed by atoms with Crippen LogP contribution in [0.1, 0.15) is 49.8 Å². The van der Waals surface area contributed by atoms with Crippen LogP contribution in [-0.4, -0.2) is 98.4 Å². The van der Waals surface area contributed by atoms with E-state index in [4.69, 9.17) is 23.9 Å². The van der Waals surface area contributed by atoms with E-state index < -0.39 is 6.09 Å². The minimum absolute atomic E-state index is 0.0214. The normalized spacial score (nSPS) is 13.8. The van der Waals surface area contributed by atoms with Crippen LogP contribution in [0.4, 0.5) is 27.9 Å². The summed E-state index contributed by atoms with van der Waals surface area (Å²) in [7, 11) is 5.30. The van der Waals surface area contributed by atoms with Crippen LogP contribution < -0.4 is 34.5 Å². The molecule has 0 aliphatic carbocycles. The summed E-state index contributed by atoms with van der Waals surface area (Å²) in [5.41, 5.74) is 3.66. The van der Waals surface area contributed by atoms with Crippen molar-refractivity contribution in [2.24, 2.45) is 0 Å². The Kier molecular flexibility index (Phi) is 14.7. The Morgan fingerprint density at radius 1 is 0.927 bits per heavy atom. The number of aromatic nitrogens is 2. The van der Waals surface area contributed by atoms with E-state index in [1.807, 2.05) is 76.2 Å². The van der Waals surface area contributed by atoms with Gasteiger partial charge < -0.3 is 39.4 Å². The molecule has 13 nitrogen and oxygen atoms in total. The van der Waals surface area contributed by atoms with E-state index in [-0.39, 0.29) is 23.7 Å². The van der Waals surface area contributed by atoms with E-state index >= 15 is 0 Å². The fourth-order valence-corrected chi connectivity index (χ4v) is 6.30. The third-order valence-corrected chi connectivity index (χ3v) is 9.65. The second kappa shape index (κ2) is 19.8. The third kappa shape index (κ3) is 11.3. The van der Waals surface area contributed by atoms with Crippen LogP contribution in [0.5, 0.6) is 23.0 Å². The molecule has 294 valence electrons. The minimum Gasteiger partial charge on any atom is -0.493 e. The van der Waals surface area contributed by atoms with Gasteiger partial charge in [0.1, 0.15) is 11.6 Å². The molecule has 0 saturated carbocycles. The maximum Gasteiger partial charge on any atom is 0.425 e. The van der Waals surface area contributed by atoms with Crippen molar-refractivity contribution in [3.05, 3.63) is 83.6 Å². The highest BCUT2D eigenvalue weighted by Crippen LogP contribution is 2.41. The Bertz CT molecular complexity index is 1880. The first-order valence-electron chi connectivity index (χ1n) is 18.9. The number of carbonyl (C=O) groups excluding carboxylic acids is 2. The van der Waals surface area contributed by atoms with Crippen molar-refractivity contribution in [2.45, 2.75) is 59.4 Å². The highest BCUT2D eigenvalue weighted by atomic mass is 16.6. The van der Waals surface area contributed by atoms with Gasteiger partial charge in [0.2, 0.25) is 17.6 Å². The van der Waals surface area contributed by atoms with Crippen LogP contribution in [0.25, 0.3) is 0 Å². The molecule has 55 heavy (non-hydrogen) atoms. The first-order chi connectivity index (χ1) is 26.6.